The van der Waals surface area contributed by atoms with Gasteiger partial charge in [0.15, 0.2) is 0 Å². The van der Waals surface area contributed by atoms with E-state index in [1.54, 1.807) is 55.5 Å². The summed E-state index contributed by atoms with van der Waals surface area (Å²) < 4.78 is 27.2. The van der Waals surface area contributed by atoms with Crippen LogP contribution in [0.5, 0.6) is 5.75 Å². The number of halogens is 1. The lowest BCUT2D eigenvalue weighted by atomic mass is 10.1. The average molecular weight is 370 g/mol. The molecule has 0 amide bonds. The third-order valence-electron chi connectivity index (χ3n) is 3.41. The molecule has 21 heavy (non-hydrogen) atoms. The summed E-state index contributed by atoms with van der Waals surface area (Å²) in [5.41, 5.74) is 0.568. The van der Waals surface area contributed by atoms with Crippen molar-refractivity contribution in [2.45, 2.75) is 17.9 Å². The summed E-state index contributed by atoms with van der Waals surface area (Å²) in [6.07, 6.45) is 0. The Kier molecular flexibility index (Phi) is 4.70. The molecule has 0 radical (unpaired) electrons. The number of sulfonamides is 1. The van der Waals surface area contributed by atoms with Gasteiger partial charge in [-0.15, -0.1) is 0 Å². The highest BCUT2D eigenvalue weighted by atomic mass is 79.9. The molecule has 0 saturated heterocycles. The fourth-order valence-corrected chi connectivity index (χ4v) is 3.98. The maximum atomic E-state index is 12.6. The number of rotatable bonds is 4. The molecule has 1 atom stereocenters. The summed E-state index contributed by atoms with van der Waals surface area (Å²) in [6.45, 7) is 1.74. The molecule has 0 aliphatic heterocycles. The highest BCUT2D eigenvalue weighted by Gasteiger charge is 2.27. The van der Waals surface area contributed by atoms with Crippen molar-refractivity contribution in [3.63, 3.8) is 0 Å². The number of hydrogen-bond donors (Lipinski definition) is 1. The number of hydrogen-bond acceptors (Lipinski definition) is 3. The summed E-state index contributed by atoms with van der Waals surface area (Å²) in [4.78, 5) is 0.210. The second kappa shape index (κ2) is 6.17. The van der Waals surface area contributed by atoms with E-state index in [9.17, 15) is 13.5 Å². The van der Waals surface area contributed by atoms with Crippen LogP contribution >= 0.6 is 15.9 Å². The van der Waals surface area contributed by atoms with Crippen LogP contribution in [0.4, 0.5) is 0 Å². The minimum Gasteiger partial charge on any atom is -0.508 e. The zero-order chi connectivity index (χ0) is 15.6. The largest absolute Gasteiger partial charge is 0.508 e. The predicted molar refractivity (Wildman–Crippen MR) is 85.6 cm³/mol. The van der Waals surface area contributed by atoms with Crippen LogP contribution in [0.3, 0.4) is 0 Å². The molecule has 0 aliphatic rings. The van der Waals surface area contributed by atoms with E-state index in [1.165, 1.54) is 11.4 Å². The molecule has 0 spiro atoms. The first-order valence-electron chi connectivity index (χ1n) is 6.35. The lowest BCUT2D eigenvalue weighted by Crippen LogP contribution is -2.29. The highest BCUT2D eigenvalue weighted by molar-refractivity contribution is 9.10. The van der Waals surface area contributed by atoms with E-state index in [-0.39, 0.29) is 10.6 Å². The summed E-state index contributed by atoms with van der Waals surface area (Å²) in [5.74, 6) is 0.0845. The van der Waals surface area contributed by atoms with Crippen molar-refractivity contribution in [1.82, 2.24) is 4.31 Å². The molecule has 1 unspecified atom stereocenters. The molecular formula is C15H16BrNO3S. The number of nitrogens with zero attached hydrogens (tertiary/aromatic N) is 1. The first-order chi connectivity index (χ1) is 9.84. The molecule has 0 aliphatic carbocycles. The van der Waals surface area contributed by atoms with Gasteiger partial charge >= 0.3 is 0 Å². The molecule has 0 heterocycles. The summed E-state index contributed by atoms with van der Waals surface area (Å²) in [5, 5.41) is 9.88. The van der Waals surface area contributed by atoms with Crippen molar-refractivity contribution in [2.24, 2.45) is 0 Å². The van der Waals surface area contributed by atoms with Gasteiger partial charge in [-0.25, -0.2) is 8.42 Å². The summed E-state index contributed by atoms with van der Waals surface area (Å²) in [7, 11) is -2.13. The van der Waals surface area contributed by atoms with E-state index >= 15 is 0 Å². The molecule has 0 aromatic heterocycles. The Morgan fingerprint density at radius 2 is 1.81 bits per heavy atom. The van der Waals surface area contributed by atoms with E-state index in [2.05, 4.69) is 15.9 Å². The molecule has 112 valence electrons. The Hall–Kier alpha value is -1.37. The van der Waals surface area contributed by atoms with Crippen LogP contribution in [0, 0.1) is 0 Å². The van der Waals surface area contributed by atoms with Crippen molar-refractivity contribution < 1.29 is 13.5 Å². The lowest BCUT2D eigenvalue weighted by Gasteiger charge is -2.25. The van der Waals surface area contributed by atoms with Crippen LogP contribution in [-0.4, -0.2) is 24.9 Å². The number of phenols is 1. The minimum atomic E-state index is -3.63. The van der Waals surface area contributed by atoms with Crippen LogP contribution < -0.4 is 0 Å². The molecule has 1 N–H and O–H groups in total. The number of phenolic OH excluding ortho intramolecular Hbond substituents is 1. The quantitative estimate of drug-likeness (QED) is 0.896. The molecular weight excluding hydrogens is 354 g/mol. The van der Waals surface area contributed by atoms with Crippen LogP contribution in [-0.2, 0) is 10.0 Å². The van der Waals surface area contributed by atoms with Crippen molar-refractivity contribution >= 4 is 26.0 Å². The van der Waals surface area contributed by atoms with Crippen LogP contribution in [0.25, 0.3) is 0 Å². The molecule has 6 heteroatoms. The Balaban J connectivity index is 2.39. The van der Waals surface area contributed by atoms with Gasteiger partial charge in [0.2, 0.25) is 10.0 Å². The monoisotopic (exact) mass is 369 g/mol. The molecule has 2 rings (SSSR count). The first kappa shape index (κ1) is 16.0. The Labute approximate surface area is 133 Å². The van der Waals surface area contributed by atoms with Gasteiger partial charge < -0.3 is 5.11 Å². The molecule has 0 bridgehead atoms. The van der Waals surface area contributed by atoms with Crippen molar-refractivity contribution in [1.29, 1.82) is 0 Å². The maximum Gasteiger partial charge on any atom is 0.243 e. The van der Waals surface area contributed by atoms with E-state index in [0.717, 1.165) is 0 Å². The standard InChI is InChI=1S/C15H16BrNO3S/c1-11(14-8-3-4-9-15(14)18)17(2)21(19,20)13-7-5-6-12(16)10-13/h3-11,18H,1-2H3. The highest BCUT2D eigenvalue weighted by Crippen LogP contribution is 2.31. The van der Waals surface area contributed by atoms with Gasteiger partial charge in [0, 0.05) is 17.1 Å². The van der Waals surface area contributed by atoms with Crippen molar-refractivity contribution in [3.05, 3.63) is 58.6 Å². The third-order valence-corrected chi connectivity index (χ3v) is 5.82. The smallest absolute Gasteiger partial charge is 0.243 e. The van der Waals surface area contributed by atoms with Gasteiger partial charge in [-0.2, -0.15) is 4.31 Å². The molecule has 4 nitrogen and oxygen atoms in total. The van der Waals surface area contributed by atoms with Gasteiger partial charge in [-0.3, -0.25) is 0 Å². The average Bonchev–Trinajstić information content (AvgIpc) is 2.46. The van der Waals surface area contributed by atoms with Gasteiger partial charge in [0.05, 0.1) is 10.9 Å². The molecule has 2 aromatic carbocycles. The summed E-state index contributed by atoms with van der Waals surface area (Å²) in [6, 6.07) is 12.8. The SMILES string of the molecule is CC(c1ccccc1O)N(C)S(=O)(=O)c1cccc(Br)c1. The third kappa shape index (κ3) is 3.28. The molecule has 2 aromatic rings. The normalized spacial score (nSPS) is 13.3. The van der Waals surface area contributed by atoms with Gasteiger partial charge in [-0.1, -0.05) is 40.2 Å². The topological polar surface area (TPSA) is 57.6 Å². The van der Waals surface area contributed by atoms with Crippen LogP contribution in [0.1, 0.15) is 18.5 Å². The van der Waals surface area contributed by atoms with Crippen molar-refractivity contribution in [2.75, 3.05) is 7.05 Å². The Morgan fingerprint density at radius 1 is 1.14 bits per heavy atom. The van der Waals surface area contributed by atoms with Gasteiger partial charge in [0.1, 0.15) is 5.75 Å². The van der Waals surface area contributed by atoms with Crippen molar-refractivity contribution in [3.8, 4) is 5.75 Å². The van der Waals surface area contributed by atoms with Gasteiger partial charge in [0.25, 0.3) is 0 Å². The minimum absolute atomic E-state index is 0.0845. The predicted octanol–water partition coefficient (Wildman–Crippen LogP) is 3.54. The zero-order valence-electron chi connectivity index (χ0n) is 11.7. The fraction of sp³-hybridized carbons (Fsp3) is 0.200. The van der Waals surface area contributed by atoms with Gasteiger partial charge in [-0.05, 0) is 31.2 Å². The maximum absolute atomic E-state index is 12.6. The van der Waals surface area contributed by atoms with E-state index in [1.807, 2.05) is 0 Å². The second-order valence-corrected chi connectivity index (χ2v) is 7.63. The lowest BCUT2D eigenvalue weighted by molar-refractivity contribution is 0.381. The fourth-order valence-electron chi connectivity index (χ4n) is 2.04. The van der Waals surface area contributed by atoms with E-state index < -0.39 is 16.1 Å². The Bertz CT molecular complexity index is 746. The second-order valence-electron chi connectivity index (χ2n) is 4.71. The number of para-hydroxylation sites is 1. The first-order valence-corrected chi connectivity index (χ1v) is 8.59. The van der Waals surface area contributed by atoms with Crippen LogP contribution in [0.15, 0.2) is 57.9 Å². The Morgan fingerprint density at radius 3 is 2.43 bits per heavy atom. The van der Waals surface area contributed by atoms with E-state index in [0.29, 0.717) is 10.0 Å². The molecule has 0 fully saturated rings. The summed E-state index contributed by atoms with van der Waals surface area (Å²) >= 11 is 3.27. The molecule has 0 saturated carbocycles. The number of aromatic hydroxyl groups is 1. The van der Waals surface area contributed by atoms with Crippen LogP contribution in [0.2, 0.25) is 0 Å². The van der Waals surface area contributed by atoms with E-state index in [4.69, 9.17) is 0 Å². The number of benzene rings is 2. The zero-order valence-corrected chi connectivity index (χ0v) is 14.1.